The van der Waals surface area contributed by atoms with Gasteiger partial charge in [-0.2, -0.15) is 0 Å². The van der Waals surface area contributed by atoms with Crippen LogP contribution in [0.25, 0.3) is 0 Å². The van der Waals surface area contributed by atoms with Crippen LogP contribution in [0, 0.1) is 5.21 Å². The summed E-state index contributed by atoms with van der Waals surface area (Å²) < 4.78 is 5.01. The van der Waals surface area contributed by atoms with Crippen molar-refractivity contribution in [3.8, 4) is 0 Å². The molecule has 0 spiro atoms. The molecule has 1 rings (SSSR count). The van der Waals surface area contributed by atoms with Gasteiger partial charge in [0.15, 0.2) is 0 Å². The van der Waals surface area contributed by atoms with Crippen LogP contribution in [-0.2, 0) is 9.57 Å². The largest absolute Gasteiger partial charge is 0.600 e. The van der Waals surface area contributed by atoms with Crippen LogP contribution in [0.5, 0.6) is 0 Å². The van der Waals surface area contributed by atoms with E-state index in [1.807, 2.05) is 0 Å². The van der Waals surface area contributed by atoms with Crippen LogP contribution >= 0.6 is 0 Å². The third-order valence-corrected chi connectivity index (χ3v) is 1.72. The van der Waals surface area contributed by atoms with E-state index in [1.165, 1.54) is 7.05 Å². The van der Waals surface area contributed by atoms with Gasteiger partial charge in [-0.3, -0.25) is 0 Å². The Balaban J connectivity index is 2.03. The molecule has 1 N–H and O–H groups in total. The van der Waals surface area contributed by atoms with Crippen molar-refractivity contribution in [3.63, 3.8) is 0 Å². The standard InChI is InChI=1S/C6H13NO3/c1-7(8)10-6-3-5(4-6)9-2/h5-7H,3-4H2,1-2H3. The Kier molecular flexibility index (Phi) is 2.62. The van der Waals surface area contributed by atoms with Crippen LogP contribution in [0.3, 0.4) is 0 Å². The van der Waals surface area contributed by atoms with Gasteiger partial charge in [-0.15, -0.1) is 0 Å². The lowest BCUT2D eigenvalue weighted by atomic mass is 9.92. The number of nitrogens with one attached hydrogen (secondary N) is 1. The summed E-state index contributed by atoms with van der Waals surface area (Å²) in [6.45, 7) is 0. The Morgan fingerprint density at radius 3 is 2.40 bits per heavy atom. The van der Waals surface area contributed by atoms with E-state index in [-0.39, 0.29) is 11.3 Å². The minimum atomic E-state index is -0.195. The smallest absolute Gasteiger partial charge is 0.122 e. The number of ether oxygens (including phenoxy) is 1. The van der Waals surface area contributed by atoms with Crippen LogP contribution < -0.4 is 5.23 Å². The van der Waals surface area contributed by atoms with E-state index in [0.29, 0.717) is 6.10 Å². The first-order valence-electron chi connectivity index (χ1n) is 3.42. The summed E-state index contributed by atoms with van der Waals surface area (Å²) in [5.41, 5.74) is 0. The monoisotopic (exact) mass is 147 g/mol. The predicted octanol–water partition coefficient (Wildman–Crippen LogP) is -0.892. The minimum Gasteiger partial charge on any atom is -0.600 e. The van der Waals surface area contributed by atoms with Crippen molar-refractivity contribution in [2.45, 2.75) is 25.0 Å². The van der Waals surface area contributed by atoms with Crippen molar-refractivity contribution in [2.24, 2.45) is 0 Å². The molecule has 60 valence electrons. The average Bonchev–Trinajstić information content (AvgIpc) is 1.76. The molecule has 0 aromatic rings. The zero-order valence-electron chi connectivity index (χ0n) is 6.29. The fraction of sp³-hybridized carbons (Fsp3) is 1.00. The molecule has 0 amide bonds. The Hall–Kier alpha value is -0.160. The van der Waals surface area contributed by atoms with Crippen LogP contribution in [0.1, 0.15) is 12.8 Å². The van der Waals surface area contributed by atoms with Crippen molar-refractivity contribution >= 4 is 0 Å². The van der Waals surface area contributed by atoms with Gasteiger partial charge in [0.05, 0.1) is 13.2 Å². The zero-order chi connectivity index (χ0) is 7.56. The van der Waals surface area contributed by atoms with Crippen molar-refractivity contribution < 1.29 is 14.8 Å². The SMILES string of the molecule is COC1CC(O[NH+](C)[O-])C1. The highest BCUT2D eigenvalue weighted by atomic mass is 16.9. The van der Waals surface area contributed by atoms with Gasteiger partial charge in [0.2, 0.25) is 0 Å². The molecule has 0 radical (unpaired) electrons. The number of quaternary nitrogens is 1. The normalized spacial score (nSPS) is 35.1. The van der Waals surface area contributed by atoms with Gasteiger partial charge in [0.1, 0.15) is 6.10 Å². The second kappa shape index (κ2) is 3.30. The van der Waals surface area contributed by atoms with Gasteiger partial charge in [-0.1, -0.05) is 0 Å². The molecule has 4 heteroatoms. The number of hydrogen-bond acceptors (Lipinski definition) is 3. The second-order valence-electron chi connectivity index (χ2n) is 2.56. The zero-order valence-corrected chi connectivity index (χ0v) is 6.29. The molecule has 4 nitrogen and oxygen atoms in total. The number of hydrogen-bond donors (Lipinski definition) is 1. The molecule has 0 aliphatic heterocycles. The fourth-order valence-electron chi connectivity index (χ4n) is 1.04. The van der Waals surface area contributed by atoms with E-state index in [1.54, 1.807) is 7.11 Å². The molecule has 1 fully saturated rings. The van der Waals surface area contributed by atoms with Crippen LogP contribution in [0.2, 0.25) is 0 Å². The van der Waals surface area contributed by atoms with Crippen molar-refractivity contribution in [1.29, 1.82) is 0 Å². The predicted molar refractivity (Wildman–Crippen MR) is 35.2 cm³/mol. The first-order valence-corrected chi connectivity index (χ1v) is 3.42. The van der Waals surface area contributed by atoms with E-state index >= 15 is 0 Å². The quantitative estimate of drug-likeness (QED) is 0.527. The lowest BCUT2D eigenvalue weighted by molar-refractivity contribution is -1.04. The van der Waals surface area contributed by atoms with E-state index < -0.39 is 0 Å². The number of hydroxylamine groups is 2. The lowest BCUT2D eigenvalue weighted by Crippen LogP contribution is -3.03. The third-order valence-electron chi connectivity index (χ3n) is 1.72. The summed E-state index contributed by atoms with van der Waals surface area (Å²) in [5.74, 6) is 0. The maximum absolute atomic E-state index is 10.4. The molecule has 1 aliphatic carbocycles. The third kappa shape index (κ3) is 1.91. The van der Waals surface area contributed by atoms with Gasteiger partial charge in [-0.05, 0) is 0 Å². The Morgan fingerprint density at radius 1 is 1.40 bits per heavy atom. The van der Waals surface area contributed by atoms with Crippen molar-refractivity contribution in [1.82, 2.24) is 0 Å². The molecule has 1 aliphatic rings. The van der Waals surface area contributed by atoms with Gasteiger partial charge < -0.3 is 9.94 Å². The highest BCUT2D eigenvalue weighted by Crippen LogP contribution is 2.23. The number of methoxy groups -OCH3 is 1. The molecule has 1 saturated carbocycles. The molecule has 0 aromatic heterocycles. The number of rotatable bonds is 3. The molecule has 1 atom stereocenters. The summed E-state index contributed by atoms with van der Waals surface area (Å²) >= 11 is 0. The summed E-state index contributed by atoms with van der Waals surface area (Å²) in [6, 6.07) is 0. The average molecular weight is 147 g/mol. The maximum Gasteiger partial charge on any atom is 0.122 e. The minimum absolute atomic E-state index is 0.113. The van der Waals surface area contributed by atoms with Gasteiger partial charge in [0.25, 0.3) is 0 Å². The highest BCUT2D eigenvalue weighted by molar-refractivity contribution is 4.79. The van der Waals surface area contributed by atoms with Gasteiger partial charge in [0, 0.05) is 20.0 Å². The van der Waals surface area contributed by atoms with Gasteiger partial charge >= 0.3 is 0 Å². The highest BCUT2D eigenvalue weighted by Gasteiger charge is 2.31. The first-order chi connectivity index (χ1) is 4.72. The van der Waals surface area contributed by atoms with Crippen LogP contribution in [-0.4, -0.2) is 26.4 Å². The Morgan fingerprint density at radius 2 is 2.00 bits per heavy atom. The topological polar surface area (TPSA) is 46.0 Å². The maximum atomic E-state index is 10.4. The van der Waals surface area contributed by atoms with E-state index in [4.69, 9.17) is 9.57 Å². The molecular formula is C6H13NO3. The van der Waals surface area contributed by atoms with E-state index in [0.717, 1.165) is 12.8 Å². The molecule has 1 unspecified atom stereocenters. The lowest BCUT2D eigenvalue weighted by Gasteiger charge is -2.34. The molecule has 10 heavy (non-hydrogen) atoms. The summed E-state index contributed by atoms with van der Waals surface area (Å²) in [4.78, 5) is 4.90. The summed E-state index contributed by atoms with van der Waals surface area (Å²) in [6.07, 6.45) is 2.14. The summed E-state index contributed by atoms with van der Waals surface area (Å²) in [5, 5.41) is 10.2. The molecule has 0 heterocycles. The Bertz CT molecular complexity index is 101. The molecule has 0 saturated heterocycles. The fourth-order valence-corrected chi connectivity index (χ4v) is 1.04. The second-order valence-corrected chi connectivity index (χ2v) is 2.56. The molecule has 0 bridgehead atoms. The summed E-state index contributed by atoms with van der Waals surface area (Å²) in [7, 11) is 3.11. The molecular weight excluding hydrogens is 134 g/mol. The first kappa shape index (κ1) is 7.94. The van der Waals surface area contributed by atoms with Crippen molar-refractivity contribution in [3.05, 3.63) is 5.21 Å². The molecule has 0 aromatic carbocycles. The van der Waals surface area contributed by atoms with Crippen LogP contribution in [0.15, 0.2) is 0 Å². The van der Waals surface area contributed by atoms with E-state index in [9.17, 15) is 5.21 Å². The van der Waals surface area contributed by atoms with Crippen molar-refractivity contribution in [2.75, 3.05) is 14.2 Å². The Labute approximate surface area is 60.2 Å². The van der Waals surface area contributed by atoms with Crippen LogP contribution in [0.4, 0.5) is 0 Å². The van der Waals surface area contributed by atoms with Gasteiger partial charge in [-0.25, -0.2) is 10.1 Å². The van der Waals surface area contributed by atoms with E-state index in [2.05, 4.69) is 0 Å².